The van der Waals surface area contributed by atoms with E-state index in [-0.39, 0.29) is 6.61 Å². The first-order valence-corrected chi connectivity index (χ1v) is 9.07. The number of aryl methyl sites for hydroxylation is 1. The van der Waals surface area contributed by atoms with Crippen molar-refractivity contribution in [2.45, 2.75) is 33.0 Å². The van der Waals surface area contributed by atoms with Gasteiger partial charge in [-0.3, -0.25) is 4.57 Å². The first-order chi connectivity index (χ1) is 14.0. The molecule has 0 aliphatic heterocycles. The smallest absolute Gasteiger partial charge is 0.332 e. The van der Waals surface area contributed by atoms with Crippen molar-refractivity contribution in [3.05, 3.63) is 41.9 Å². The van der Waals surface area contributed by atoms with Gasteiger partial charge in [0.05, 0.1) is 14.2 Å². The molecule has 9 nitrogen and oxygen atoms in total. The lowest BCUT2D eigenvalue weighted by Crippen LogP contribution is -2.23. The number of methoxy groups -OCH3 is 2. The fourth-order valence-corrected chi connectivity index (χ4v) is 2.95. The van der Waals surface area contributed by atoms with E-state index < -0.39 is 12.1 Å². The molecule has 3 rings (SSSR count). The highest BCUT2D eigenvalue weighted by Crippen LogP contribution is 2.36. The number of aliphatic carboxylic acids is 1. The first-order valence-electron chi connectivity index (χ1n) is 9.07. The second-order valence-corrected chi connectivity index (χ2v) is 6.24. The molecule has 2 heterocycles. The lowest BCUT2D eigenvalue weighted by Gasteiger charge is -2.17. The van der Waals surface area contributed by atoms with E-state index in [9.17, 15) is 9.90 Å². The van der Waals surface area contributed by atoms with Crippen molar-refractivity contribution in [3.8, 4) is 28.8 Å². The summed E-state index contributed by atoms with van der Waals surface area (Å²) >= 11 is 0. The van der Waals surface area contributed by atoms with E-state index in [0.29, 0.717) is 41.0 Å². The Kier molecular flexibility index (Phi) is 6.18. The van der Waals surface area contributed by atoms with Crippen molar-refractivity contribution >= 4 is 5.97 Å². The van der Waals surface area contributed by atoms with Crippen LogP contribution in [-0.4, -0.2) is 46.2 Å². The molecule has 154 valence electrons. The molecule has 1 unspecified atom stereocenters. The van der Waals surface area contributed by atoms with Crippen LogP contribution in [0.3, 0.4) is 0 Å². The summed E-state index contributed by atoms with van der Waals surface area (Å²) in [5.41, 5.74) is 0.563. The van der Waals surface area contributed by atoms with Gasteiger partial charge in [-0.25, -0.2) is 4.79 Å². The summed E-state index contributed by atoms with van der Waals surface area (Å²) < 4.78 is 24.1. The molecule has 0 saturated heterocycles. The topological polar surface area (TPSA) is 109 Å². The molecule has 1 aromatic carbocycles. The van der Waals surface area contributed by atoms with Crippen LogP contribution in [0.25, 0.3) is 17.3 Å². The Hall–Kier alpha value is -3.33. The molecular formula is C20H23N3O6. The highest BCUT2D eigenvalue weighted by atomic mass is 16.5. The van der Waals surface area contributed by atoms with Crippen molar-refractivity contribution in [2.75, 3.05) is 14.2 Å². The van der Waals surface area contributed by atoms with Crippen LogP contribution in [0.4, 0.5) is 0 Å². The van der Waals surface area contributed by atoms with Gasteiger partial charge in [-0.15, -0.1) is 10.2 Å². The van der Waals surface area contributed by atoms with E-state index in [1.165, 1.54) is 0 Å². The van der Waals surface area contributed by atoms with Crippen LogP contribution < -0.4 is 9.47 Å². The third-order valence-electron chi connectivity index (χ3n) is 4.38. The Labute approximate surface area is 167 Å². The van der Waals surface area contributed by atoms with Gasteiger partial charge < -0.3 is 23.7 Å². The summed E-state index contributed by atoms with van der Waals surface area (Å²) in [6, 6.07) is 8.98. The summed E-state index contributed by atoms with van der Waals surface area (Å²) in [6.07, 6.45) is -0.625. The van der Waals surface area contributed by atoms with E-state index in [0.717, 1.165) is 5.76 Å². The third kappa shape index (κ3) is 4.09. The van der Waals surface area contributed by atoms with Gasteiger partial charge in [0.1, 0.15) is 29.6 Å². The monoisotopic (exact) mass is 401 g/mol. The molecular weight excluding hydrogens is 378 g/mol. The van der Waals surface area contributed by atoms with Crippen LogP contribution in [0.15, 0.2) is 34.7 Å². The van der Waals surface area contributed by atoms with Crippen LogP contribution in [0.1, 0.15) is 24.9 Å². The molecule has 1 atom stereocenters. The Morgan fingerprint density at radius 2 is 1.86 bits per heavy atom. The Bertz CT molecular complexity index is 972. The normalized spacial score (nSPS) is 12.0. The van der Waals surface area contributed by atoms with Crippen LogP contribution in [0.5, 0.6) is 11.5 Å². The molecule has 0 radical (unpaired) electrons. The van der Waals surface area contributed by atoms with Crippen molar-refractivity contribution in [1.82, 2.24) is 14.8 Å². The molecule has 0 amide bonds. The summed E-state index contributed by atoms with van der Waals surface area (Å²) in [7, 11) is 3.10. The molecule has 29 heavy (non-hydrogen) atoms. The van der Waals surface area contributed by atoms with Gasteiger partial charge in [0.25, 0.3) is 0 Å². The van der Waals surface area contributed by atoms with Crippen molar-refractivity contribution in [1.29, 1.82) is 0 Å². The Morgan fingerprint density at radius 3 is 2.38 bits per heavy atom. The van der Waals surface area contributed by atoms with E-state index in [1.807, 2.05) is 13.0 Å². The molecule has 0 bridgehead atoms. The number of carboxylic acid groups (broad SMARTS) is 1. The van der Waals surface area contributed by atoms with Crippen LogP contribution in [0, 0.1) is 6.92 Å². The minimum atomic E-state index is -1.03. The lowest BCUT2D eigenvalue weighted by molar-refractivity contribution is -0.151. The quantitative estimate of drug-likeness (QED) is 0.582. The van der Waals surface area contributed by atoms with Crippen molar-refractivity contribution in [2.24, 2.45) is 0 Å². The van der Waals surface area contributed by atoms with E-state index in [1.54, 1.807) is 50.0 Å². The Balaban J connectivity index is 2.15. The number of nitrogens with zero attached hydrogens (tertiary/aromatic N) is 3. The van der Waals surface area contributed by atoms with Gasteiger partial charge in [-0.2, -0.15) is 0 Å². The maximum Gasteiger partial charge on any atom is 0.332 e. The van der Waals surface area contributed by atoms with Gasteiger partial charge in [-0.05, 0) is 37.6 Å². The number of furan rings is 1. The second-order valence-electron chi connectivity index (χ2n) is 6.24. The number of benzene rings is 1. The average molecular weight is 401 g/mol. The molecule has 1 N–H and O–H groups in total. The number of aromatic nitrogens is 3. The van der Waals surface area contributed by atoms with E-state index >= 15 is 0 Å². The largest absolute Gasteiger partial charge is 0.494 e. The minimum absolute atomic E-state index is 0.0707. The standard InChI is InChI=1S/C20H23N3O6/c1-5-13(20(24)25)28-11-17-21-22-19(16-10-9-12(2)29-16)23(17)18-14(26-3)7-6-8-15(18)27-4/h6-10,13H,5,11H2,1-4H3,(H,24,25). The fourth-order valence-electron chi connectivity index (χ4n) is 2.95. The van der Waals surface area contributed by atoms with E-state index in [4.69, 9.17) is 18.6 Å². The minimum Gasteiger partial charge on any atom is -0.494 e. The number of hydrogen-bond donors (Lipinski definition) is 1. The third-order valence-corrected chi connectivity index (χ3v) is 4.38. The molecule has 0 aliphatic rings. The SMILES string of the molecule is CCC(OCc1nnc(-c2ccc(C)o2)n1-c1c(OC)cccc1OC)C(=O)O. The molecule has 3 aromatic rings. The molecule has 2 aromatic heterocycles. The van der Waals surface area contributed by atoms with Crippen LogP contribution in [0.2, 0.25) is 0 Å². The van der Waals surface area contributed by atoms with E-state index in [2.05, 4.69) is 10.2 Å². The zero-order chi connectivity index (χ0) is 21.0. The first kappa shape index (κ1) is 20.4. The maximum absolute atomic E-state index is 11.3. The molecule has 0 fully saturated rings. The molecule has 9 heteroatoms. The average Bonchev–Trinajstić information content (AvgIpc) is 3.33. The number of para-hydroxylation sites is 1. The number of hydrogen-bond acceptors (Lipinski definition) is 7. The Morgan fingerprint density at radius 1 is 1.17 bits per heavy atom. The van der Waals surface area contributed by atoms with Crippen LogP contribution >= 0.6 is 0 Å². The maximum atomic E-state index is 11.3. The zero-order valence-corrected chi connectivity index (χ0v) is 16.7. The van der Waals surface area contributed by atoms with Crippen LogP contribution in [-0.2, 0) is 16.1 Å². The number of carbonyl (C=O) groups is 1. The number of carboxylic acids is 1. The summed E-state index contributed by atoms with van der Waals surface area (Å²) in [4.78, 5) is 11.3. The summed E-state index contributed by atoms with van der Waals surface area (Å²) in [5, 5.41) is 17.7. The van der Waals surface area contributed by atoms with Gasteiger partial charge in [0, 0.05) is 0 Å². The highest BCUT2D eigenvalue weighted by molar-refractivity contribution is 5.72. The number of ether oxygens (including phenoxy) is 3. The van der Waals surface area contributed by atoms with Crippen molar-refractivity contribution in [3.63, 3.8) is 0 Å². The fraction of sp³-hybridized carbons (Fsp3) is 0.350. The van der Waals surface area contributed by atoms with Crippen molar-refractivity contribution < 1.29 is 28.5 Å². The predicted molar refractivity (Wildman–Crippen MR) is 103 cm³/mol. The molecule has 0 saturated carbocycles. The number of rotatable bonds is 9. The van der Waals surface area contributed by atoms with Gasteiger partial charge in [0.15, 0.2) is 17.7 Å². The van der Waals surface area contributed by atoms with Gasteiger partial charge in [0.2, 0.25) is 5.82 Å². The van der Waals surface area contributed by atoms with Gasteiger partial charge in [-0.1, -0.05) is 13.0 Å². The predicted octanol–water partition coefficient (Wildman–Crippen LogP) is 3.23. The second kappa shape index (κ2) is 8.78. The summed E-state index contributed by atoms with van der Waals surface area (Å²) in [6.45, 7) is 3.50. The van der Waals surface area contributed by atoms with Gasteiger partial charge >= 0.3 is 5.97 Å². The summed E-state index contributed by atoms with van der Waals surface area (Å²) in [5.74, 6) is 2.05. The molecule has 0 aliphatic carbocycles. The lowest BCUT2D eigenvalue weighted by atomic mass is 10.2. The zero-order valence-electron chi connectivity index (χ0n) is 16.7. The molecule has 0 spiro atoms. The highest BCUT2D eigenvalue weighted by Gasteiger charge is 2.25.